The second-order valence-electron chi connectivity index (χ2n) is 7.28. The lowest BCUT2D eigenvalue weighted by Crippen LogP contribution is -2.40. The van der Waals surface area contributed by atoms with E-state index in [4.69, 9.17) is 9.15 Å². The number of aliphatic imine (C=N–C) groups is 1. The summed E-state index contributed by atoms with van der Waals surface area (Å²) in [5, 5.41) is 9.36. The third kappa shape index (κ3) is 9.46. The Kier molecular flexibility index (Phi) is 12.4. The molecule has 0 saturated carbocycles. The molecule has 0 fully saturated rings. The number of rotatable bonds is 9. The molecule has 1 unspecified atom stereocenters. The van der Waals surface area contributed by atoms with Crippen molar-refractivity contribution in [1.29, 1.82) is 0 Å². The number of methoxy groups -OCH3 is 1. The van der Waals surface area contributed by atoms with Crippen molar-refractivity contribution < 1.29 is 13.9 Å². The molecule has 0 saturated heterocycles. The molecule has 7 nitrogen and oxygen atoms in total. The first-order valence-electron chi connectivity index (χ1n) is 9.16. The average molecular weight is 494 g/mol. The molecule has 8 heteroatoms. The van der Waals surface area contributed by atoms with Crippen LogP contribution in [0, 0.1) is 12.3 Å². The summed E-state index contributed by atoms with van der Waals surface area (Å²) in [6.45, 7) is 12.9. The molecule has 1 heterocycles. The Balaban J connectivity index is 0.00000676. The highest BCUT2D eigenvalue weighted by Gasteiger charge is 2.24. The Morgan fingerprint density at radius 2 is 1.93 bits per heavy atom. The molecular formula is C19H35IN4O3. The van der Waals surface area contributed by atoms with Crippen LogP contribution in [0.3, 0.4) is 0 Å². The van der Waals surface area contributed by atoms with Gasteiger partial charge in [0.1, 0.15) is 0 Å². The Labute approximate surface area is 180 Å². The molecule has 0 bridgehead atoms. The van der Waals surface area contributed by atoms with Gasteiger partial charge >= 0.3 is 0 Å². The number of nitrogens with one attached hydrogen (secondary N) is 3. The van der Waals surface area contributed by atoms with E-state index in [0.717, 1.165) is 24.5 Å². The quantitative estimate of drug-likeness (QED) is 0.213. The number of hydrogen-bond acceptors (Lipinski definition) is 4. The van der Waals surface area contributed by atoms with Crippen LogP contribution in [0.5, 0.6) is 0 Å². The molecular weight excluding hydrogens is 459 g/mol. The second kappa shape index (κ2) is 13.0. The fourth-order valence-corrected chi connectivity index (χ4v) is 2.40. The molecule has 1 aromatic heterocycles. The molecule has 0 aromatic carbocycles. The second-order valence-corrected chi connectivity index (χ2v) is 7.28. The summed E-state index contributed by atoms with van der Waals surface area (Å²) >= 11 is 0. The number of hydrogen-bond donors (Lipinski definition) is 3. The van der Waals surface area contributed by atoms with Gasteiger partial charge in [-0.3, -0.25) is 9.79 Å². The van der Waals surface area contributed by atoms with Crippen molar-refractivity contribution in [3.05, 3.63) is 23.7 Å². The molecule has 156 valence electrons. The number of furan rings is 1. The van der Waals surface area contributed by atoms with E-state index >= 15 is 0 Å². The van der Waals surface area contributed by atoms with Crippen LogP contribution in [0.1, 0.15) is 50.2 Å². The van der Waals surface area contributed by atoms with Crippen molar-refractivity contribution in [2.45, 2.75) is 47.1 Å². The van der Waals surface area contributed by atoms with Crippen molar-refractivity contribution in [2.75, 3.05) is 33.3 Å². The Morgan fingerprint density at radius 1 is 1.26 bits per heavy atom. The van der Waals surface area contributed by atoms with Gasteiger partial charge in [-0.25, -0.2) is 0 Å². The summed E-state index contributed by atoms with van der Waals surface area (Å²) in [6, 6.07) is 1.78. The molecule has 27 heavy (non-hydrogen) atoms. The van der Waals surface area contributed by atoms with Crippen LogP contribution >= 0.6 is 24.0 Å². The number of amides is 1. The lowest BCUT2D eigenvalue weighted by Gasteiger charge is -2.28. The Hall–Kier alpha value is -1.29. The van der Waals surface area contributed by atoms with E-state index < -0.39 is 0 Å². The number of guanidine groups is 1. The smallest absolute Gasteiger partial charge is 0.287 e. The van der Waals surface area contributed by atoms with Crippen molar-refractivity contribution >= 4 is 35.8 Å². The number of aryl methyl sites for hydroxylation is 1. The zero-order valence-corrected chi connectivity index (χ0v) is 19.7. The summed E-state index contributed by atoms with van der Waals surface area (Å²) in [4.78, 5) is 16.6. The Bertz CT molecular complexity index is 582. The van der Waals surface area contributed by atoms with Gasteiger partial charge in [0.2, 0.25) is 0 Å². The molecule has 0 spiro atoms. The molecule has 1 rings (SSSR count). The van der Waals surface area contributed by atoms with Crippen molar-refractivity contribution in [3.8, 4) is 0 Å². The van der Waals surface area contributed by atoms with Crippen molar-refractivity contribution in [1.82, 2.24) is 16.0 Å². The van der Waals surface area contributed by atoms with Crippen LogP contribution in [0.15, 0.2) is 21.7 Å². The standard InChI is InChI=1S/C19H34N4O3.HI/c1-7-20-18(23-13-15(25-6)19(3,4)5)22-11-8-10-21-17(24)16-14(2)9-12-26-16;/h9,12,15H,7-8,10-11,13H2,1-6H3,(H,21,24)(H2,20,22,23);1H. The summed E-state index contributed by atoms with van der Waals surface area (Å²) < 4.78 is 10.7. The van der Waals surface area contributed by atoms with Gasteiger partial charge in [0.25, 0.3) is 5.91 Å². The maximum Gasteiger partial charge on any atom is 0.287 e. The van der Waals surface area contributed by atoms with E-state index in [1.165, 1.54) is 6.26 Å². The first kappa shape index (κ1) is 25.7. The Morgan fingerprint density at radius 3 is 2.44 bits per heavy atom. The molecule has 0 aliphatic rings. The molecule has 1 aromatic rings. The number of halogens is 1. The maximum atomic E-state index is 12.0. The van der Waals surface area contributed by atoms with Crippen LogP contribution < -0.4 is 16.0 Å². The highest BCUT2D eigenvalue weighted by molar-refractivity contribution is 14.0. The first-order chi connectivity index (χ1) is 12.3. The first-order valence-corrected chi connectivity index (χ1v) is 9.16. The number of nitrogens with zero attached hydrogens (tertiary/aromatic N) is 1. The van der Waals surface area contributed by atoms with E-state index in [1.54, 1.807) is 13.2 Å². The van der Waals surface area contributed by atoms with Gasteiger partial charge in [-0.15, -0.1) is 24.0 Å². The monoisotopic (exact) mass is 494 g/mol. The van der Waals surface area contributed by atoms with Gasteiger partial charge in [0.05, 0.1) is 18.9 Å². The van der Waals surface area contributed by atoms with E-state index in [-0.39, 0.29) is 41.4 Å². The third-order valence-electron chi connectivity index (χ3n) is 4.01. The van der Waals surface area contributed by atoms with E-state index in [9.17, 15) is 4.79 Å². The summed E-state index contributed by atoms with van der Waals surface area (Å²) in [6.07, 6.45) is 2.35. The average Bonchev–Trinajstić information content (AvgIpc) is 2.99. The largest absolute Gasteiger partial charge is 0.459 e. The number of ether oxygens (including phenoxy) is 1. The van der Waals surface area contributed by atoms with Crippen molar-refractivity contribution in [3.63, 3.8) is 0 Å². The molecule has 3 N–H and O–H groups in total. The fraction of sp³-hybridized carbons (Fsp3) is 0.684. The van der Waals surface area contributed by atoms with Gasteiger partial charge in [-0.05, 0) is 31.7 Å². The van der Waals surface area contributed by atoms with E-state index in [1.807, 2.05) is 13.8 Å². The van der Waals surface area contributed by atoms with Crippen LogP contribution in [-0.2, 0) is 4.74 Å². The minimum atomic E-state index is -0.179. The van der Waals surface area contributed by atoms with Gasteiger partial charge in [0.15, 0.2) is 11.7 Å². The predicted octanol–water partition coefficient (Wildman–Crippen LogP) is 2.94. The van der Waals surface area contributed by atoms with Gasteiger partial charge in [-0.1, -0.05) is 20.8 Å². The fourth-order valence-electron chi connectivity index (χ4n) is 2.40. The van der Waals surface area contributed by atoms with E-state index in [2.05, 4.69) is 41.7 Å². The summed E-state index contributed by atoms with van der Waals surface area (Å²) in [7, 11) is 1.72. The van der Waals surface area contributed by atoms with Crippen LogP contribution in [-0.4, -0.2) is 51.3 Å². The lowest BCUT2D eigenvalue weighted by molar-refractivity contribution is 0.0241. The third-order valence-corrected chi connectivity index (χ3v) is 4.01. The van der Waals surface area contributed by atoms with E-state index in [0.29, 0.717) is 25.4 Å². The minimum Gasteiger partial charge on any atom is -0.459 e. The van der Waals surface area contributed by atoms with Crippen LogP contribution in [0.4, 0.5) is 0 Å². The molecule has 0 aliphatic heterocycles. The topological polar surface area (TPSA) is 87.9 Å². The maximum absolute atomic E-state index is 12.0. The van der Waals surface area contributed by atoms with Gasteiger partial charge in [0, 0.05) is 32.3 Å². The van der Waals surface area contributed by atoms with Gasteiger partial charge < -0.3 is 25.1 Å². The van der Waals surface area contributed by atoms with Gasteiger partial charge in [-0.2, -0.15) is 0 Å². The summed E-state index contributed by atoms with van der Waals surface area (Å²) in [5.74, 6) is 0.953. The number of carbonyl (C=O) groups is 1. The predicted molar refractivity (Wildman–Crippen MR) is 120 cm³/mol. The highest BCUT2D eigenvalue weighted by Crippen LogP contribution is 2.21. The molecule has 1 atom stereocenters. The zero-order valence-electron chi connectivity index (χ0n) is 17.3. The summed E-state index contributed by atoms with van der Waals surface area (Å²) in [5.41, 5.74) is 0.873. The number of carbonyl (C=O) groups excluding carboxylic acids is 1. The minimum absolute atomic E-state index is 0. The van der Waals surface area contributed by atoms with Crippen molar-refractivity contribution in [2.24, 2.45) is 10.4 Å². The molecule has 0 radical (unpaired) electrons. The lowest BCUT2D eigenvalue weighted by atomic mass is 9.89. The SMILES string of the molecule is CCNC(=NCC(OC)C(C)(C)C)NCCCNC(=O)c1occc1C.I. The van der Waals surface area contributed by atoms with Crippen LogP contribution in [0.25, 0.3) is 0 Å². The normalized spacial score (nSPS) is 12.9. The molecule has 0 aliphatic carbocycles. The van der Waals surface area contributed by atoms with Crippen LogP contribution in [0.2, 0.25) is 0 Å². The highest BCUT2D eigenvalue weighted by atomic mass is 127. The molecule has 1 amide bonds. The zero-order chi connectivity index (χ0) is 19.6.